The first-order chi connectivity index (χ1) is 6.93. The van der Waals surface area contributed by atoms with E-state index >= 15 is 0 Å². The van der Waals surface area contributed by atoms with Crippen molar-refractivity contribution in [1.29, 1.82) is 0 Å². The number of Topliss-reactive ketones (excluding diaryl/α,β-unsaturated/α-hetero) is 1. The maximum Gasteiger partial charge on any atom is 0.480 e. The van der Waals surface area contributed by atoms with E-state index < -0.39 is 7.12 Å². The van der Waals surface area contributed by atoms with Gasteiger partial charge in [-0.1, -0.05) is 39.1 Å². The number of rotatable bonds is 4. The second-order valence-corrected chi connectivity index (χ2v) is 2.39. The number of carbonyl (C=O) groups is 1. The van der Waals surface area contributed by atoms with Gasteiger partial charge in [0.25, 0.3) is 0 Å². The summed E-state index contributed by atoms with van der Waals surface area (Å²) in [6.45, 7) is 15.6. The SMILES string of the molecule is C=CB(O)O.C=CC(=C)CC(C)=O.CC. The van der Waals surface area contributed by atoms with E-state index in [1.807, 2.05) is 13.8 Å². The third-order valence-electron chi connectivity index (χ3n) is 0.976. The van der Waals surface area contributed by atoms with Crippen LogP contribution in [0.2, 0.25) is 0 Å². The fourth-order valence-corrected chi connectivity index (χ4v) is 0.392. The fraction of sp³-hybridized carbons (Fsp3) is 0.364. The Labute approximate surface area is 93.0 Å². The van der Waals surface area contributed by atoms with E-state index in [9.17, 15) is 4.79 Å². The van der Waals surface area contributed by atoms with Gasteiger partial charge in [-0.25, -0.2) is 0 Å². The van der Waals surface area contributed by atoms with Crippen LogP contribution in [-0.2, 0) is 4.79 Å². The van der Waals surface area contributed by atoms with E-state index in [-0.39, 0.29) is 5.78 Å². The Kier molecular flexibility index (Phi) is 19.9. The van der Waals surface area contributed by atoms with Crippen LogP contribution in [0, 0.1) is 0 Å². The van der Waals surface area contributed by atoms with Crippen molar-refractivity contribution in [3.63, 3.8) is 0 Å². The highest BCUT2D eigenvalue weighted by Crippen LogP contribution is 1.97. The molecule has 0 saturated carbocycles. The van der Waals surface area contributed by atoms with Gasteiger partial charge in [0.2, 0.25) is 0 Å². The maximum atomic E-state index is 10.3. The predicted molar refractivity (Wildman–Crippen MR) is 66.4 cm³/mol. The van der Waals surface area contributed by atoms with Crippen molar-refractivity contribution < 1.29 is 14.8 Å². The molecular formula is C11H21BO3. The molecule has 0 saturated heterocycles. The average Bonchev–Trinajstić information content (AvgIpc) is 2.20. The van der Waals surface area contributed by atoms with E-state index in [1.165, 1.54) is 6.92 Å². The van der Waals surface area contributed by atoms with Gasteiger partial charge in [-0.05, 0) is 12.5 Å². The lowest BCUT2D eigenvalue weighted by atomic mass is 9.94. The second kappa shape index (κ2) is 15.4. The van der Waals surface area contributed by atoms with Gasteiger partial charge in [-0.3, -0.25) is 4.79 Å². The average molecular weight is 212 g/mol. The summed E-state index contributed by atoms with van der Waals surface area (Å²) in [4.78, 5) is 10.3. The molecule has 0 aromatic rings. The van der Waals surface area contributed by atoms with E-state index in [4.69, 9.17) is 10.0 Å². The van der Waals surface area contributed by atoms with Gasteiger partial charge < -0.3 is 10.0 Å². The molecule has 0 aliphatic rings. The fourth-order valence-electron chi connectivity index (χ4n) is 0.392. The molecule has 0 aromatic carbocycles. The number of ketones is 1. The summed E-state index contributed by atoms with van der Waals surface area (Å²) >= 11 is 0. The molecule has 3 nitrogen and oxygen atoms in total. The van der Waals surface area contributed by atoms with Crippen LogP contribution in [0.25, 0.3) is 0 Å². The highest BCUT2D eigenvalue weighted by molar-refractivity contribution is 6.47. The second-order valence-electron chi connectivity index (χ2n) is 2.39. The van der Waals surface area contributed by atoms with Crippen molar-refractivity contribution in [3.8, 4) is 0 Å². The molecule has 86 valence electrons. The van der Waals surface area contributed by atoms with Gasteiger partial charge in [-0.15, -0.1) is 6.58 Å². The minimum absolute atomic E-state index is 0.134. The number of hydrogen-bond donors (Lipinski definition) is 2. The zero-order valence-corrected chi connectivity index (χ0v) is 9.86. The Bertz CT molecular complexity index is 198. The minimum atomic E-state index is -1.35. The normalized spacial score (nSPS) is 7.00. The maximum absolute atomic E-state index is 10.3. The first kappa shape index (κ1) is 19.4. The molecule has 2 N–H and O–H groups in total. The van der Waals surface area contributed by atoms with Gasteiger partial charge in [0.1, 0.15) is 5.78 Å². The van der Waals surface area contributed by atoms with Crippen LogP contribution in [0.3, 0.4) is 0 Å². The molecular weight excluding hydrogens is 191 g/mol. The molecule has 15 heavy (non-hydrogen) atoms. The van der Waals surface area contributed by atoms with Crippen molar-refractivity contribution in [2.45, 2.75) is 27.2 Å². The number of hydrogen-bond acceptors (Lipinski definition) is 3. The van der Waals surface area contributed by atoms with Gasteiger partial charge in [0.05, 0.1) is 0 Å². The van der Waals surface area contributed by atoms with Crippen LogP contribution in [0.5, 0.6) is 0 Å². The predicted octanol–water partition coefficient (Wildman–Crippen LogP) is 1.92. The number of allylic oxidation sites excluding steroid dienone is 2. The third kappa shape index (κ3) is 32.2. The standard InChI is InChI=1S/C7H10O.C2H5BO2.C2H6/c1-4-6(2)5-7(3)8;1-2-3(4)5;1-2/h4H,1-2,5H2,3H3;2,4-5H,1H2;1-2H3. The lowest BCUT2D eigenvalue weighted by Crippen LogP contribution is -2.03. The molecule has 0 aliphatic heterocycles. The van der Waals surface area contributed by atoms with Gasteiger partial charge in [-0.2, -0.15) is 0 Å². The van der Waals surface area contributed by atoms with Gasteiger partial charge in [0.15, 0.2) is 0 Å². The van der Waals surface area contributed by atoms with Crippen molar-refractivity contribution in [3.05, 3.63) is 37.4 Å². The zero-order valence-electron chi connectivity index (χ0n) is 9.86. The Hall–Kier alpha value is -1.13. The van der Waals surface area contributed by atoms with Crippen molar-refractivity contribution >= 4 is 12.9 Å². The molecule has 0 spiro atoms. The monoisotopic (exact) mass is 212 g/mol. The quantitative estimate of drug-likeness (QED) is 0.552. The smallest absolute Gasteiger partial charge is 0.424 e. The molecule has 0 unspecified atom stereocenters. The molecule has 4 heteroatoms. The molecule has 0 radical (unpaired) electrons. The summed E-state index contributed by atoms with van der Waals surface area (Å²) < 4.78 is 0. The number of carbonyl (C=O) groups excluding carboxylic acids is 1. The first-order valence-corrected chi connectivity index (χ1v) is 4.72. The third-order valence-corrected chi connectivity index (χ3v) is 0.976. The van der Waals surface area contributed by atoms with Crippen molar-refractivity contribution in [2.24, 2.45) is 0 Å². The Morgan fingerprint density at radius 3 is 1.73 bits per heavy atom. The minimum Gasteiger partial charge on any atom is -0.424 e. The summed E-state index contributed by atoms with van der Waals surface area (Å²) in [6, 6.07) is 0. The van der Waals surface area contributed by atoms with Gasteiger partial charge in [0, 0.05) is 6.42 Å². The largest absolute Gasteiger partial charge is 0.480 e. The molecule has 0 aliphatic carbocycles. The Morgan fingerprint density at radius 2 is 1.67 bits per heavy atom. The van der Waals surface area contributed by atoms with E-state index in [0.717, 1.165) is 11.5 Å². The van der Waals surface area contributed by atoms with Crippen molar-refractivity contribution in [1.82, 2.24) is 0 Å². The van der Waals surface area contributed by atoms with E-state index in [1.54, 1.807) is 6.08 Å². The summed E-state index contributed by atoms with van der Waals surface area (Å²) in [7, 11) is -1.35. The summed E-state index contributed by atoms with van der Waals surface area (Å²) in [5.41, 5.74) is 0.789. The lowest BCUT2D eigenvalue weighted by Gasteiger charge is -1.89. The summed E-state index contributed by atoms with van der Waals surface area (Å²) in [5.74, 6) is 1.16. The first-order valence-electron chi connectivity index (χ1n) is 4.72. The molecule has 0 bridgehead atoms. The van der Waals surface area contributed by atoms with E-state index in [0.29, 0.717) is 6.42 Å². The Balaban J connectivity index is -0.000000177. The van der Waals surface area contributed by atoms with Gasteiger partial charge >= 0.3 is 7.12 Å². The topological polar surface area (TPSA) is 57.5 Å². The molecule has 0 atom stereocenters. The van der Waals surface area contributed by atoms with E-state index in [2.05, 4.69) is 19.7 Å². The van der Waals surface area contributed by atoms with Crippen LogP contribution in [0.4, 0.5) is 0 Å². The summed E-state index contributed by atoms with van der Waals surface area (Å²) in [6.07, 6.45) is 2.03. The highest BCUT2D eigenvalue weighted by Gasteiger charge is 1.92. The molecule has 0 amide bonds. The highest BCUT2D eigenvalue weighted by atomic mass is 16.4. The van der Waals surface area contributed by atoms with Crippen LogP contribution in [0.15, 0.2) is 37.4 Å². The Morgan fingerprint density at radius 1 is 1.33 bits per heavy atom. The summed E-state index contributed by atoms with van der Waals surface area (Å²) in [5, 5.41) is 15.6. The molecule has 0 fully saturated rings. The lowest BCUT2D eigenvalue weighted by molar-refractivity contribution is -0.116. The molecule has 0 aromatic heterocycles. The van der Waals surface area contributed by atoms with Crippen LogP contribution >= 0.6 is 0 Å². The van der Waals surface area contributed by atoms with Crippen LogP contribution < -0.4 is 0 Å². The van der Waals surface area contributed by atoms with Crippen LogP contribution in [0.1, 0.15) is 27.2 Å². The zero-order chi connectivity index (χ0) is 12.9. The molecule has 0 heterocycles. The van der Waals surface area contributed by atoms with Crippen molar-refractivity contribution in [2.75, 3.05) is 0 Å². The van der Waals surface area contributed by atoms with Crippen LogP contribution in [-0.4, -0.2) is 22.9 Å². The molecule has 0 rings (SSSR count).